The van der Waals surface area contributed by atoms with Crippen molar-refractivity contribution in [3.05, 3.63) is 70.3 Å². The second kappa shape index (κ2) is 8.53. The zero-order chi connectivity index (χ0) is 23.8. The van der Waals surface area contributed by atoms with Gasteiger partial charge in [-0.15, -0.1) is 0 Å². The Hall–Kier alpha value is -3.95. The van der Waals surface area contributed by atoms with E-state index in [1.165, 1.54) is 50.5 Å². The molecule has 0 aliphatic rings. The molecule has 2 heterocycles. The first-order valence-corrected chi connectivity index (χ1v) is 9.71. The van der Waals surface area contributed by atoms with Crippen LogP contribution in [0.2, 0.25) is 0 Å². The van der Waals surface area contributed by atoms with Crippen LogP contribution in [0.1, 0.15) is 11.3 Å². The van der Waals surface area contributed by atoms with Crippen molar-refractivity contribution >= 4 is 11.0 Å². The summed E-state index contributed by atoms with van der Waals surface area (Å²) in [5.74, 6) is -0.760. The number of rotatable bonds is 6. The molecule has 0 fully saturated rings. The van der Waals surface area contributed by atoms with Crippen LogP contribution in [0, 0.1) is 0 Å². The van der Waals surface area contributed by atoms with E-state index in [-0.39, 0.29) is 34.6 Å². The Bertz CT molecular complexity index is 1380. The van der Waals surface area contributed by atoms with Crippen molar-refractivity contribution in [2.45, 2.75) is 12.7 Å². The average Bonchev–Trinajstić information content (AvgIpc) is 3.25. The summed E-state index contributed by atoms with van der Waals surface area (Å²) in [7, 11) is 4.12. The standard InChI is InChI=1S/C23H19F3N2O5/c1-30-15-6-4-5-13(9-15)11-28-12-14(10-27-28)18-19(29)16-7-8-17(31-2)21(32-3)20(16)33-22(18)23(24,25)26/h4-10,12H,11H2,1-3H3. The lowest BCUT2D eigenvalue weighted by Gasteiger charge is -2.14. The van der Waals surface area contributed by atoms with Crippen LogP contribution in [-0.2, 0) is 12.7 Å². The van der Waals surface area contributed by atoms with E-state index in [9.17, 15) is 18.0 Å². The summed E-state index contributed by atoms with van der Waals surface area (Å²) in [4.78, 5) is 13.2. The van der Waals surface area contributed by atoms with Crippen LogP contribution in [0.15, 0.2) is 58.0 Å². The summed E-state index contributed by atoms with van der Waals surface area (Å²) in [6.07, 6.45) is -2.37. The Kier molecular flexibility index (Phi) is 5.75. The molecule has 0 spiro atoms. The minimum absolute atomic E-state index is 0.0179. The van der Waals surface area contributed by atoms with E-state index in [4.69, 9.17) is 18.6 Å². The molecule has 0 amide bonds. The van der Waals surface area contributed by atoms with Gasteiger partial charge in [-0.3, -0.25) is 9.48 Å². The Labute approximate surface area is 185 Å². The molecule has 4 rings (SSSR count). The van der Waals surface area contributed by atoms with Gasteiger partial charge in [0, 0.05) is 11.8 Å². The Balaban J connectivity index is 1.87. The third-order valence-corrected chi connectivity index (χ3v) is 5.06. The van der Waals surface area contributed by atoms with Gasteiger partial charge in [-0.05, 0) is 29.8 Å². The van der Waals surface area contributed by atoms with Crippen molar-refractivity contribution in [2.75, 3.05) is 21.3 Å². The van der Waals surface area contributed by atoms with Crippen LogP contribution in [0.3, 0.4) is 0 Å². The summed E-state index contributed by atoms with van der Waals surface area (Å²) in [5, 5.41) is 4.06. The molecule has 0 atom stereocenters. The first-order valence-electron chi connectivity index (χ1n) is 9.71. The smallest absolute Gasteiger partial charge is 0.450 e. The molecule has 0 aliphatic carbocycles. The molecule has 33 heavy (non-hydrogen) atoms. The number of fused-ring (bicyclic) bond motifs is 1. The normalized spacial score (nSPS) is 11.6. The van der Waals surface area contributed by atoms with E-state index < -0.39 is 22.9 Å². The number of halogens is 3. The third kappa shape index (κ3) is 4.11. The van der Waals surface area contributed by atoms with Crippen molar-refractivity contribution in [1.29, 1.82) is 0 Å². The third-order valence-electron chi connectivity index (χ3n) is 5.06. The number of aromatic nitrogens is 2. The van der Waals surface area contributed by atoms with Gasteiger partial charge in [0.25, 0.3) is 0 Å². The zero-order valence-electron chi connectivity index (χ0n) is 17.9. The van der Waals surface area contributed by atoms with E-state index >= 15 is 0 Å². The molecule has 0 saturated heterocycles. The maximum Gasteiger partial charge on any atom is 0.450 e. The lowest BCUT2D eigenvalue weighted by atomic mass is 10.0. The summed E-state index contributed by atoms with van der Waals surface area (Å²) in [6, 6.07) is 9.95. The average molecular weight is 460 g/mol. The fraction of sp³-hybridized carbons (Fsp3) is 0.217. The highest BCUT2D eigenvalue weighted by Crippen LogP contribution is 2.41. The van der Waals surface area contributed by atoms with E-state index in [0.717, 1.165) is 5.56 Å². The van der Waals surface area contributed by atoms with E-state index in [1.54, 1.807) is 18.2 Å². The molecule has 0 unspecified atom stereocenters. The first kappa shape index (κ1) is 22.3. The van der Waals surface area contributed by atoms with Crippen molar-refractivity contribution in [3.8, 4) is 28.4 Å². The summed E-state index contributed by atoms with van der Waals surface area (Å²) < 4.78 is 64.0. The van der Waals surface area contributed by atoms with E-state index in [2.05, 4.69) is 5.10 Å². The molecule has 2 aromatic heterocycles. The van der Waals surface area contributed by atoms with Gasteiger partial charge in [0.2, 0.25) is 16.9 Å². The van der Waals surface area contributed by atoms with Gasteiger partial charge in [0.1, 0.15) is 5.75 Å². The lowest BCUT2D eigenvalue weighted by molar-refractivity contribution is -0.152. The van der Waals surface area contributed by atoms with Gasteiger partial charge >= 0.3 is 6.18 Å². The molecule has 0 N–H and O–H groups in total. The molecule has 10 heteroatoms. The van der Waals surface area contributed by atoms with Gasteiger partial charge < -0.3 is 18.6 Å². The predicted molar refractivity (Wildman–Crippen MR) is 114 cm³/mol. The van der Waals surface area contributed by atoms with Crippen molar-refractivity contribution in [2.24, 2.45) is 0 Å². The largest absolute Gasteiger partial charge is 0.497 e. The van der Waals surface area contributed by atoms with Crippen molar-refractivity contribution in [3.63, 3.8) is 0 Å². The van der Waals surface area contributed by atoms with Gasteiger partial charge in [-0.2, -0.15) is 18.3 Å². The predicted octanol–water partition coefficient (Wildman–Crippen LogP) is 4.75. The highest BCUT2D eigenvalue weighted by molar-refractivity contribution is 5.89. The Morgan fingerprint density at radius 2 is 1.85 bits per heavy atom. The Morgan fingerprint density at radius 3 is 2.52 bits per heavy atom. The molecule has 172 valence electrons. The minimum atomic E-state index is -4.94. The van der Waals surface area contributed by atoms with Crippen molar-refractivity contribution < 1.29 is 31.8 Å². The number of nitrogens with zero attached hydrogens (tertiary/aromatic N) is 2. The second-order valence-electron chi connectivity index (χ2n) is 7.09. The minimum Gasteiger partial charge on any atom is -0.497 e. The van der Waals surface area contributed by atoms with Crippen LogP contribution in [0.25, 0.3) is 22.1 Å². The fourth-order valence-corrected chi connectivity index (χ4v) is 3.57. The number of hydrogen-bond donors (Lipinski definition) is 0. The molecule has 0 saturated carbocycles. The fourth-order valence-electron chi connectivity index (χ4n) is 3.57. The highest BCUT2D eigenvalue weighted by Gasteiger charge is 2.40. The van der Waals surface area contributed by atoms with Gasteiger partial charge in [-0.25, -0.2) is 0 Å². The van der Waals surface area contributed by atoms with Crippen LogP contribution in [0.4, 0.5) is 13.2 Å². The van der Waals surface area contributed by atoms with Crippen LogP contribution in [0.5, 0.6) is 17.2 Å². The molecular formula is C23H19F3N2O5. The highest BCUT2D eigenvalue weighted by atomic mass is 19.4. The monoisotopic (exact) mass is 460 g/mol. The Morgan fingerprint density at radius 1 is 1.06 bits per heavy atom. The van der Waals surface area contributed by atoms with E-state index in [1.807, 2.05) is 6.07 Å². The zero-order valence-corrected chi connectivity index (χ0v) is 17.9. The molecule has 2 aromatic carbocycles. The van der Waals surface area contributed by atoms with Crippen LogP contribution in [-0.4, -0.2) is 31.1 Å². The number of methoxy groups -OCH3 is 3. The number of benzene rings is 2. The van der Waals surface area contributed by atoms with Gasteiger partial charge in [0.15, 0.2) is 11.3 Å². The molecule has 0 bridgehead atoms. The topological polar surface area (TPSA) is 75.7 Å². The summed E-state index contributed by atoms with van der Waals surface area (Å²) in [5.41, 5.74) is -1.02. The number of alkyl halides is 3. The quantitative estimate of drug-likeness (QED) is 0.414. The molecule has 7 nitrogen and oxygen atoms in total. The maximum absolute atomic E-state index is 14.0. The van der Waals surface area contributed by atoms with Gasteiger partial charge in [-0.1, -0.05) is 12.1 Å². The number of hydrogen-bond acceptors (Lipinski definition) is 6. The molecular weight excluding hydrogens is 441 g/mol. The van der Waals surface area contributed by atoms with E-state index in [0.29, 0.717) is 5.75 Å². The van der Waals surface area contributed by atoms with Gasteiger partial charge in [0.05, 0.1) is 45.0 Å². The SMILES string of the molecule is COc1cccc(Cn2cc(-c3c(C(F)(F)F)oc4c(OC)c(OC)ccc4c3=O)cn2)c1. The molecule has 4 aromatic rings. The molecule has 0 radical (unpaired) electrons. The molecule has 0 aliphatic heterocycles. The summed E-state index contributed by atoms with van der Waals surface area (Å²) in [6.45, 7) is 0.266. The summed E-state index contributed by atoms with van der Waals surface area (Å²) >= 11 is 0. The number of ether oxygens (including phenoxy) is 3. The maximum atomic E-state index is 14.0. The first-order chi connectivity index (χ1) is 15.8. The lowest BCUT2D eigenvalue weighted by Crippen LogP contribution is -2.16. The van der Waals surface area contributed by atoms with Crippen molar-refractivity contribution in [1.82, 2.24) is 9.78 Å². The second-order valence-corrected chi connectivity index (χ2v) is 7.09. The van der Waals surface area contributed by atoms with Crippen LogP contribution < -0.4 is 19.6 Å². The van der Waals surface area contributed by atoms with Crippen LogP contribution >= 0.6 is 0 Å².